The predicted molar refractivity (Wildman–Crippen MR) is 72.8 cm³/mol. The molecule has 18 heavy (non-hydrogen) atoms. The summed E-state index contributed by atoms with van der Waals surface area (Å²) in [5.41, 5.74) is 5.59. The van der Waals surface area contributed by atoms with Crippen molar-refractivity contribution >= 4 is 27.5 Å². The molecule has 0 bridgehead atoms. The SMILES string of the molecule is CC(C)(NC(=O)c1cc(N)c(F)cc1Br)C1CC1. The van der Waals surface area contributed by atoms with E-state index in [9.17, 15) is 9.18 Å². The zero-order valence-corrected chi connectivity index (χ0v) is 12.0. The van der Waals surface area contributed by atoms with Gasteiger partial charge in [-0.15, -0.1) is 0 Å². The lowest BCUT2D eigenvalue weighted by Crippen LogP contribution is -2.45. The Kier molecular flexibility index (Phi) is 3.36. The van der Waals surface area contributed by atoms with Crippen LogP contribution in [0.25, 0.3) is 0 Å². The highest BCUT2D eigenvalue weighted by molar-refractivity contribution is 9.10. The topological polar surface area (TPSA) is 55.1 Å². The first-order chi connectivity index (χ1) is 8.31. The molecule has 0 radical (unpaired) electrons. The third kappa shape index (κ3) is 2.66. The van der Waals surface area contributed by atoms with E-state index in [1.807, 2.05) is 13.8 Å². The van der Waals surface area contributed by atoms with Crippen molar-refractivity contribution in [1.29, 1.82) is 0 Å². The molecule has 2 rings (SSSR count). The summed E-state index contributed by atoms with van der Waals surface area (Å²) < 4.78 is 13.6. The molecule has 0 unspecified atom stereocenters. The van der Waals surface area contributed by atoms with Crippen molar-refractivity contribution in [2.75, 3.05) is 5.73 Å². The number of nitrogen functional groups attached to an aromatic ring is 1. The van der Waals surface area contributed by atoms with Gasteiger partial charge in [0.05, 0.1) is 11.3 Å². The molecule has 0 aliphatic heterocycles. The molecule has 1 aromatic rings. The third-order valence-corrected chi connectivity index (χ3v) is 4.02. The molecule has 98 valence electrons. The van der Waals surface area contributed by atoms with E-state index in [0.29, 0.717) is 16.0 Å². The number of carbonyl (C=O) groups is 1. The number of nitrogens with two attached hydrogens (primary N) is 1. The normalized spacial score (nSPS) is 15.6. The number of benzene rings is 1. The molecule has 0 heterocycles. The van der Waals surface area contributed by atoms with Crippen LogP contribution < -0.4 is 11.1 Å². The zero-order valence-electron chi connectivity index (χ0n) is 10.4. The molecule has 1 aromatic carbocycles. The van der Waals surface area contributed by atoms with Crippen LogP contribution >= 0.6 is 15.9 Å². The van der Waals surface area contributed by atoms with Gasteiger partial charge in [0.2, 0.25) is 0 Å². The average Bonchev–Trinajstić information content (AvgIpc) is 3.06. The van der Waals surface area contributed by atoms with Crippen molar-refractivity contribution in [3.05, 3.63) is 28.0 Å². The van der Waals surface area contributed by atoms with Crippen LogP contribution in [-0.4, -0.2) is 11.4 Å². The molecular weight excluding hydrogens is 299 g/mol. The first kappa shape index (κ1) is 13.3. The Morgan fingerprint density at radius 2 is 2.11 bits per heavy atom. The fraction of sp³-hybridized carbons (Fsp3) is 0.462. The number of hydrogen-bond acceptors (Lipinski definition) is 2. The number of halogens is 2. The van der Waals surface area contributed by atoms with Gasteiger partial charge in [0.1, 0.15) is 5.82 Å². The van der Waals surface area contributed by atoms with E-state index in [4.69, 9.17) is 5.73 Å². The van der Waals surface area contributed by atoms with Crippen molar-refractivity contribution in [3.63, 3.8) is 0 Å². The monoisotopic (exact) mass is 314 g/mol. The fourth-order valence-electron chi connectivity index (χ4n) is 2.01. The Morgan fingerprint density at radius 3 is 2.67 bits per heavy atom. The van der Waals surface area contributed by atoms with E-state index in [1.165, 1.54) is 12.1 Å². The number of amides is 1. The van der Waals surface area contributed by atoms with Crippen LogP contribution in [0, 0.1) is 11.7 Å². The maximum Gasteiger partial charge on any atom is 0.252 e. The van der Waals surface area contributed by atoms with Gasteiger partial charge in [-0.05, 0) is 60.7 Å². The Bertz CT molecular complexity index is 498. The molecule has 1 fully saturated rings. The molecule has 0 spiro atoms. The minimum absolute atomic E-state index is 0.0208. The van der Waals surface area contributed by atoms with Crippen LogP contribution in [0.3, 0.4) is 0 Å². The van der Waals surface area contributed by atoms with Gasteiger partial charge in [0.25, 0.3) is 5.91 Å². The number of anilines is 1. The van der Waals surface area contributed by atoms with Gasteiger partial charge in [-0.2, -0.15) is 0 Å². The quantitative estimate of drug-likeness (QED) is 0.842. The van der Waals surface area contributed by atoms with Crippen molar-refractivity contribution in [3.8, 4) is 0 Å². The third-order valence-electron chi connectivity index (χ3n) is 3.36. The van der Waals surface area contributed by atoms with Gasteiger partial charge in [0, 0.05) is 10.0 Å². The van der Waals surface area contributed by atoms with Gasteiger partial charge in [-0.1, -0.05) is 0 Å². The minimum Gasteiger partial charge on any atom is -0.396 e. The van der Waals surface area contributed by atoms with Crippen molar-refractivity contribution < 1.29 is 9.18 Å². The Balaban J connectivity index is 2.21. The van der Waals surface area contributed by atoms with Gasteiger partial charge in [-0.3, -0.25) is 4.79 Å². The lowest BCUT2D eigenvalue weighted by molar-refractivity contribution is 0.0902. The summed E-state index contributed by atoms with van der Waals surface area (Å²) in [5.74, 6) is -0.233. The molecule has 0 atom stereocenters. The number of hydrogen-bond donors (Lipinski definition) is 2. The summed E-state index contributed by atoms with van der Waals surface area (Å²) in [6.45, 7) is 4.01. The number of nitrogens with one attached hydrogen (secondary N) is 1. The first-order valence-electron chi connectivity index (χ1n) is 5.88. The van der Waals surface area contributed by atoms with Crippen molar-refractivity contribution in [1.82, 2.24) is 5.32 Å². The van der Waals surface area contributed by atoms with Crippen LogP contribution in [0.2, 0.25) is 0 Å². The molecule has 1 aliphatic carbocycles. The molecule has 5 heteroatoms. The lowest BCUT2D eigenvalue weighted by Gasteiger charge is -2.26. The molecular formula is C13H16BrFN2O. The molecule has 1 saturated carbocycles. The highest BCUT2D eigenvalue weighted by Crippen LogP contribution is 2.39. The van der Waals surface area contributed by atoms with Gasteiger partial charge in [0.15, 0.2) is 0 Å². The van der Waals surface area contributed by atoms with E-state index < -0.39 is 5.82 Å². The standard InChI is InChI=1S/C13H16BrFN2O/c1-13(2,7-3-4-7)17-12(18)8-5-11(16)10(15)6-9(8)14/h5-7H,3-4,16H2,1-2H3,(H,17,18). The Morgan fingerprint density at radius 1 is 1.50 bits per heavy atom. The highest BCUT2D eigenvalue weighted by Gasteiger charge is 2.39. The summed E-state index contributed by atoms with van der Waals surface area (Å²) >= 11 is 3.19. The zero-order chi connectivity index (χ0) is 13.5. The molecule has 3 nitrogen and oxygen atoms in total. The molecule has 1 amide bonds. The molecule has 1 aliphatic rings. The van der Waals surface area contributed by atoms with Crippen LogP contribution in [-0.2, 0) is 0 Å². The minimum atomic E-state index is -0.528. The second-order valence-corrected chi connectivity index (χ2v) is 6.16. The van der Waals surface area contributed by atoms with Gasteiger partial charge in [-0.25, -0.2) is 4.39 Å². The smallest absolute Gasteiger partial charge is 0.252 e. The summed E-state index contributed by atoms with van der Waals surface area (Å²) in [5, 5.41) is 2.98. The van der Waals surface area contributed by atoms with E-state index in [0.717, 1.165) is 12.8 Å². The van der Waals surface area contributed by atoms with Crippen molar-refractivity contribution in [2.24, 2.45) is 5.92 Å². The molecule has 3 N–H and O–H groups in total. The highest BCUT2D eigenvalue weighted by atomic mass is 79.9. The molecule has 0 saturated heterocycles. The fourth-order valence-corrected chi connectivity index (χ4v) is 2.50. The predicted octanol–water partition coefficient (Wildman–Crippen LogP) is 3.09. The van der Waals surface area contributed by atoms with Crippen LogP contribution in [0.4, 0.5) is 10.1 Å². The van der Waals surface area contributed by atoms with Crippen LogP contribution in [0.1, 0.15) is 37.0 Å². The maximum absolute atomic E-state index is 13.2. The van der Waals surface area contributed by atoms with E-state index in [2.05, 4.69) is 21.2 Å². The van der Waals surface area contributed by atoms with Gasteiger partial charge >= 0.3 is 0 Å². The second-order valence-electron chi connectivity index (χ2n) is 5.30. The van der Waals surface area contributed by atoms with Crippen LogP contribution in [0.5, 0.6) is 0 Å². The Hall–Kier alpha value is -1.10. The maximum atomic E-state index is 13.2. The summed E-state index contributed by atoms with van der Waals surface area (Å²) in [6, 6.07) is 2.58. The average molecular weight is 315 g/mol. The van der Waals surface area contributed by atoms with E-state index in [1.54, 1.807) is 0 Å². The van der Waals surface area contributed by atoms with E-state index >= 15 is 0 Å². The summed E-state index contributed by atoms with van der Waals surface area (Å²) in [6.07, 6.45) is 2.28. The first-order valence-corrected chi connectivity index (χ1v) is 6.67. The van der Waals surface area contributed by atoms with Crippen molar-refractivity contribution in [2.45, 2.75) is 32.2 Å². The number of carbonyl (C=O) groups excluding carboxylic acids is 1. The Labute approximate surface area is 114 Å². The molecule has 0 aromatic heterocycles. The summed E-state index contributed by atoms with van der Waals surface area (Å²) in [4.78, 5) is 12.2. The largest absolute Gasteiger partial charge is 0.396 e. The number of rotatable bonds is 3. The van der Waals surface area contributed by atoms with Gasteiger partial charge < -0.3 is 11.1 Å². The lowest BCUT2D eigenvalue weighted by atomic mass is 9.98. The summed E-state index contributed by atoms with van der Waals surface area (Å²) in [7, 11) is 0. The second kappa shape index (κ2) is 4.53. The van der Waals surface area contributed by atoms with Crippen LogP contribution in [0.15, 0.2) is 16.6 Å². The van der Waals surface area contributed by atoms with E-state index in [-0.39, 0.29) is 17.1 Å².